The molecule has 0 bridgehead atoms. The number of nitrogens with zero attached hydrogens (tertiary/aromatic N) is 1. The van der Waals surface area contributed by atoms with Gasteiger partial charge in [-0.3, -0.25) is 9.59 Å². The van der Waals surface area contributed by atoms with Crippen molar-refractivity contribution in [1.29, 1.82) is 0 Å². The summed E-state index contributed by atoms with van der Waals surface area (Å²) < 4.78 is 22.0. The van der Waals surface area contributed by atoms with Crippen molar-refractivity contribution in [2.45, 2.75) is 25.8 Å². The van der Waals surface area contributed by atoms with Crippen molar-refractivity contribution in [3.05, 3.63) is 0 Å². The molecule has 0 fully saturated rings. The molecule has 0 aromatic heterocycles. The Morgan fingerprint density at radius 2 is 1.95 bits per heavy atom. The molecule has 0 aromatic carbocycles. The van der Waals surface area contributed by atoms with Crippen LogP contribution in [0.5, 0.6) is 0 Å². The zero-order chi connectivity index (χ0) is 15.1. The van der Waals surface area contributed by atoms with Crippen LogP contribution in [0.2, 0.25) is 0 Å². The van der Waals surface area contributed by atoms with Gasteiger partial charge < -0.3 is 16.0 Å². The number of rotatable bonds is 8. The highest BCUT2D eigenvalue weighted by molar-refractivity contribution is 7.90. The van der Waals surface area contributed by atoms with Gasteiger partial charge >= 0.3 is 0 Å². The molecule has 0 aliphatic carbocycles. The maximum Gasteiger partial charge on any atom is 0.239 e. The molecule has 1 unspecified atom stereocenters. The number of likely N-dealkylation sites (N-methyl/N-ethyl adjacent to an activating group) is 1. The predicted octanol–water partition coefficient (Wildman–Crippen LogP) is -1.27. The molecule has 2 amide bonds. The maximum absolute atomic E-state index is 11.8. The van der Waals surface area contributed by atoms with Gasteiger partial charge in [0.2, 0.25) is 11.8 Å². The Balaban J connectivity index is 4.21. The minimum Gasteiger partial charge on any atom is -0.355 e. The first-order valence-electron chi connectivity index (χ1n) is 6.12. The van der Waals surface area contributed by atoms with Gasteiger partial charge in [0.05, 0.1) is 18.3 Å². The first kappa shape index (κ1) is 17.8. The minimum atomic E-state index is -3.14. The normalized spacial score (nSPS) is 12.8. The summed E-state index contributed by atoms with van der Waals surface area (Å²) >= 11 is 0. The molecule has 0 aromatic rings. The van der Waals surface area contributed by atoms with Gasteiger partial charge in [-0.15, -0.1) is 0 Å². The van der Waals surface area contributed by atoms with Crippen LogP contribution in [0.15, 0.2) is 0 Å². The highest BCUT2D eigenvalue weighted by Gasteiger charge is 2.21. The highest BCUT2D eigenvalue weighted by Crippen LogP contribution is 1.98. The van der Waals surface area contributed by atoms with Crippen molar-refractivity contribution < 1.29 is 18.0 Å². The van der Waals surface area contributed by atoms with Crippen LogP contribution in [0, 0.1) is 0 Å². The SMILES string of the molecule is CCCNC(=O)CN(C)C(=O)C(N)CCS(C)(=O)=O. The molecule has 0 aliphatic rings. The van der Waals surface area contributed by atoms with Crippen molar-refractivity contribution >= 4 is 21.7 Å². The van der Waals surface area contributed by atoms with Crippen LogP contribution in [0.25, 0.3) is 0 Å². The van der Waals surface area contributed by atoms with Gasteiger partial charge in [-0.25, -0.2) is 8.42 Å². The first-order chi connectivity index (χ1) is 8.67. The summed E-state index contributed by atoms with van der Waals surface area (Å²) in [6.07, 6.45) is 1.96. The molecule has 19 heavy (non-hydrogen) atoms. The summed E-state index contributed by atoms with van der Waals surface area (Å²) in [6.45, 7) is 2.41. The molecule has 0 aliphatic heterocycles. The van der Waals surface area contributed by atoms with E-state index in [1.807, 2.05) is 6.92 Å². The van der Waals surface area contributed by atoms with Crippen molar-refractivity contribution in [2.24, 2.45) is 5.73 Å². The fraction of sp³-hybridized carbons (Fsp3) is 0.818. The summed E-state index contributed by atoms with van der Waals surface area (Å²) in [5.41, 5.74) is 5.61. The Hall–Kier alpha value is -1.15. The van der Waals surface area contributed by atoms with E-state index in [-0.39, 0.29) is 24.6 Å². The molecule has 8 heteroatoms. The largest absolute Gasteiger partial charge is 0.355 e. The molecular formula is C11H23N3O4S. The monoisotopic (exact) mass is 293 g/mol. The van der Waals surface area contributed by atoms with Crippen LogP contribution in [-0.4, -0.2) is 63.3 Å². The highest BCUT2D eigenvalue weighted by atomic mass is 32.2. The molecule has 3 N–H and O–H groups in total. The number of carbonyl (C=O) groups excluding carboxylic acids is 2. The number of amides is 2. The van der Waals surface area contributed by atoms with Crippen molar-refractivity contribution in [2.75, 3.05) is 32.1 Å². The molecule has 7 nitrogen and oxygen atoms in total. The summed E-state index contributed by atoms with van der Waals surface area (Å²) in [7, 11) is -1.68. The molecule has 112 valence electrons. The average molecular weight is 293 g/mol. The quantitative estimate of drug-likeness (QED) is 0.580. The van der Waals surface area contributed by atoms with E-state index in [2.05, 4.69) is 5.32 Å². The number of hydrogen-bond donors (Lipinski definition) is 2. The van der Waals surface area contributed by atoms with Gasteiger partial charge in [-0.05, 0) is 12.8 Å². The lowest BCUT2D eigenvalue weighted by Crippen LogP contribution is -2.46. The van der Waals surface area contributed by atoms with Gasteiger partial charge in [0.1, 0.15) is 9.84 Å². The van der Waals surface area contributed by atoms with Crippen molar-refractivity contribution in [3.8, 4) is 0 Å². The Morgan fingerprint density at radius 3 is 2.42 bits per heavy atom. The van der Waals surface area contributed by atoms with E-state index in [1.54, 1.807) is 0 Å². The third-order valence-electron chi connectivity index (χ3n) is 2.45. The molecule has 0 spiro atoms. The summed E-state index contributed by atoms with van der Waals surface area (Å²) in [4.78, 5) is 24.4. The fourth-order valence-electron chi connectivity index (χ4n) is 1.36. The second kappa shape index (κ2) is 8.11. The van der Waals surface area contributed by atoms with Crippen LogP contribution in [0.4, 0.5) is 0 Å². The maximum atomic E-state index is 11.8. The zero-order valence-electron chi connectivity index (χ0n) is 11.7. The first-order valence-corrected chi connectivity index (χ1v) is 8.18. The van der Waals surface area contributed by atoms with E-state index in [0.29, 0.717) is 6.54 Å². The van der Waals surface area contributed by atoms with E-state index in [0.717, 1.165) is 12.7 Å². The third kappa shape index (κ3) is 8.55. The van der Waals surface area contributed by atoms with Crippen LogP contribution in [0.3, 0.4) is 0 Å². The van der Waals surface area contributed by atoms with Crippen LogP contribution < -0.4 is 11.1 Å². The molecule has 0 saturated heterocycles. The van der Waals surface area contributed by atoms with E-state index >= 15 is 0 Å². The van der Waals surface area contributed by atoms with Crippen molar-refractivity contribution in [3.63, 3.8) is 0 Å². The van der Waals surface area contributed by atoms with Crippen LogP contribution in [0.1, 0.15) is 19.8 Å². The molecule has 1 atom stereocenters. The molecular weight excluding hydrogens is 270 g/mol. The predicted molar refractivity (Wildman–Crippen MR) is 73.2 cm³/mol. The van der Waals surface area contributed by atoms with E-state index in [4.69, 9.17) is 5.73 Å². The standard InChI is InChI=1S/C11H23N3O4S/c1-4-6-13-10(15)8-14(2)11(16)9(12)5-7-19(3,17)18/h9H,4-8,12H2,1-3H3,(H,13,15). The fourth-order valence-corrected chi connectivity index (χ4v) is 2.04. The van der Waals surface area contributed by atoms with Crippen molar-refractivity contribution in [1.82, 2.24) is 10.2 Å². The van der Waals surface area contributed by atoms with Gasteiger partial charge in [-0.2, -0.15) is 0 Å². The Labute approximate surface area is 114 Å². The smallest absolute Gasteiger partial charge is 0.239 e. The lowest BCUT2D eigenvalue weighted by atomic mass is 10.2. The van der Waals surface area contributed by atoms with E-state index in [1.165, 1.54) is 11.9 Å². The van der Waals surface area contributed by atoms with Crippen LogP contribution in [-0.2, 0) is 19.4 Å². The molecule has 0 saturated carbocycles. The lowest BCUT2D eigenvalue weighted by molar-refractivity contribution is -0.135. The number of nitrogens with two attached hydrogens (primary N) is 1. The second-order valence-corrected chi connectivity index (χ2v) is 6.83. The minimum absolute atomic E-state index is 0.0542. The van der Waals surface area contributed by atoms with Gasteiger partial charge in [0.25, 0.3) is 0 Å². The topological polar surface area (TPSA) is 110 Å². The van der Waals surface area contributed by atoms with E-state index in [9.17, 15) is 18.0 Å². The molecule has 0 heterocycles. The molecule has 0 radical (unpaired) electrons. The average Bonchev–Trinajstić information content (AvgIpc) is 2.31. The Bertz CT molecular complexity index is 408. The number of sulfone groups is 1. The second-order valence-electron chi connectivity index (χ2n) is 4.57. The van der Waals surface area contributed by atoms with Gasteiger partial charge in [0.15, 0.2) is 0 Å². The number of nitrogens with one attached hydrogen (secondary N) is 1. The Kier molecular flexibility index (Phi) is 7.62. The summed E-state index contributed by atoms with van der Waals surface area (Å²) in [5, 5.41) is 2.64. The number of carbonyl (C=O) groups is 2. The molecule has 0 rings (SSSR count). The van der Waals surface area contributed by atoms with Gasteiger partial charge in [0, 0.05) is 19.8 Å². The summed E-state index contributed by atoms with van der Waals surface area (Å²) in [6, 6.07) is -0.904. The zero-order valence-corrected chi connectivity index (χ0v) is 12.5. The third-order valence-corrected chi connectivity index (χ3v) is 3.42. The van der Waals surface area contributed by atoms with Gasteiger partial charge in [-0.1, -0.05) is 6.92 Å². The van der Waals surface area contributed by atoms with E-state index < -0.39 is 21.8 Å². The summed E-state index contributed by atoms with van der Waals surface area (Å²) in [5.74, 6) is -0.834. The van der Waals surface area contributed by atoms with Crippen LogP contribution >= 0.6 is 0 Å². The number of hydrogen-bond acceptors (Lipinski definition) is 5. The Morgan fingerprint density at radius 1 is 1.37 bits per heavy atom. The lowest BCUT2D eigenvalue weighted by Gasteiger charge is -2.20.